The third-order valence-corrected chi connectivity index (χ3v) is 2.20. The summed E-state index contributed by atoms with van der Waals surface area (Å²) in [5.41, 5.74) is 5.16. The lowest BCUT2D eigenvalue weighted by Crippen LogP contribution is -2.39. The molecule has 14 heavy (non-hydrogen) atoms. The predicted molar refractivity (Wildman–Crippen MR) is 56.9 cm³/mol. The van der Waals surface area contributed by atoms with Crippen molar-refractivity contribution in [2.24, 2.45) is 11.7 Å². The van der Waals surface area contributed by atoms with Crippen molar-refractivity contribution in [3.63, 3.8) is 0 Å². The van der Waals surface area contributed by atoms with Crippen molar-refractivity contribution in [3.05, 3.63) is 0 Å². The number of hydrogen-bond acceptors (Lipinski definition) is 3. The minimum absolute atomic E-state index is 0.119. The first-order valence-corrected chi connectivity index (χ1v) is 5.13. The molecule has 0 aromatic carbocycles. The zero-order chi connectivity index (χ0) is 11.0. The molecule has 0 spiro atoms. The van der Waals surface area contributed by atoms with Gasteiger partial charge in [0.1, 0.15) is 0 Å². The van der Waals surface area contributed by atoms with Crippen LogP contribution in [0.3, 0.4) is 0 Å². The molecule has 0 aliphatic rings. The Balaban J connectivity index is 3.74. The van der Waals surface area contributed by atoms with Gasteiger partial charge >= 0.3 is 0 Å². The Morgan fingerprint density at radius 3 is 2.64 bits per heavy atom. The largest absolute Gasteiger partial charge is 0.383 e. The van der Waals surface area contributed by atoms with Gasteiger partial charge in [0, 0.05) is 25.6 Å². The molecule has 0 aromatic rings. The topological polar surface area (TPSA) is 64.3 Å². The van der Waals surface area contributed by atoms with E-state index in [0.717, 1.165) is 12.8 Å². The van der Waals surface area contributed by atoms with E-state index < -0.39 is 0 Å². The first-order chi connectivity index (χ1) is 6.61. The highest BCUT2D eigenvalue weighted by atomic mass is 16.5. The minimum atomic E-state index is -0.259. The highest BCUT2D eigenvalue weighted by Gasteiger charge is 2.12. The molecule has 0 saturated carbocycles. The second-order valence-electron chi connectivity index (χ2n) is 3.65. The van der Waals surface area contributed by atoms with E-state index in [9.17, 15) is 4.79 Å². The fourth-order valence-corrected chi connectivity index (χ4v) is 1.24. The van der Waals surface area contributed by atoms with E-state index in [1.807, 2.05) is 6.92 Å². The van der Waals surface area contributed by atoms with E-state index in [2.05, 4.69) is 12.2 Å². The zero-order valence-corrected chi connectivity index (χ0v) is 9.38. The third kappa shape index (κ3) is 5.94. The Hall–Kier alpha value is -0.610. The van der Waals surface area contributed by atoms with Gasteiger partial charge in [0.15, 0.2) is 0 Å². The van der Waals surface area contributed by atoms with Gasteiger partial charge in [-0.1, -0.05) is 20.3 Å². The van der Waals surface area contributed by atoms with Crippen molar-refractivity contribution in [1.82, 2.24) is 5.32 Å². The molecule has 2 atom stereocenters. The van der Waals surface area contributed by atoms with Crippen LogP contribution < -0.4 is 11.1 Å². The highest BCUT2D eigenvalue weighted by molar-refractivity contribution is 5.76. The number of amides is 1. The van der Waals surface area contributed by atoms with Gasteiger partial charge in [-0.05, 0) is 6.42 Å². The summed E-state index contributed by atoms with van der Waals surface area (Å²) < 4.78 is 5.07. The molecule has 0 heterocycles. The normalized spacial score (nSPS) is 15.1. The molecule has 0 saturated heterocycles. The number of rotatable bonds is 8. The number of nitrogens with one attached hydrogen (secondary N) is 1. The lowest BCUT2D eigenvalue weighted by atomic mass is 10.1. The van der Waals surface area contributed by atoms with Crippen molar-refractivity contribution in [3.8, 4) is 0 Å². The Morgan fingerprint density at radius 2 is 2.21 bits per heavy atom. The number of carbonyl (C=O) groups is 1. The summed E-state index contributed by atoms with van der Waals surface area (Å²) in [4.78, 5) is 10.8. The van der Waals surface area contributed by atoms with Gasteiger partial charge in [-0.2, -0.15) is 0 Å². The maximum Gasteiger partial charge on any atom is 0.221 e. The van der Waals surface area contributed by atoms with Crippen molar-refractivity contribution < 1.29 is 9.53 Å². The third-order valence-electron chi connectivity index (χ3n) is 2.20. The SMILES string of the molecule is CCCC(COC)NCC(C)C(N)=O. The van der Waals surface area contributed by atoms with Crippen molar-refractivity contribution in [1.29, 1.82) is 0 Å². The van der Waals surface area contributed by atoms with Gasteiger partial charge in [-0.3, -0.25) is 4.79 Å². The van der Waals surface area contributed by atoms with Gasteiger partial charge in [-0.15, -0.1) is 0 Å². The Kier molecular flexibility index (Phi) is 7.42. The summed E-state index contributed by atoms with van der Waals surface area (Å²) >= 11 is 0. The van der Waals surface area contributed by atoms with E-state index >= 15 is 0 Å². The summed E-state index contributed by atoms with van der Waals surface area (Å²) in [7, 11) is 1.68. The molecular weight excluding hydrogens is 180 g/mol. The van der Waals surface area contributed by atoms with Crippen LogP contribution >= 0.6 is 0 Å². The van der Waals surface area contributed by atoms with Crippen LogP contribution in [-0.4, -0.2) is 32.2 Å². The number of ether oxygens (including phenoxy) is 1. The molecule has 0 bridgehead atoms. The van der Waals surface area contributed by atoms with E-state index in [1.165, 1.54) is 0 Å². The summed E-state index contributed by atoms with van der Waals surface area (Å²) in [6, 6.07) is 0.326. The fourth-order valence-electron chi connectivity index (χ4n) is 1.24. The van der Waals surface area contributed by atoms with Crippen LogP contribution in [0.25, 0.3) is 0 Å². The minimum Gasteiger partial charge on any atom is -0.383 e. The van der Waals surface area contributed by atoms with Crippen LogP contribution in [0.4, 0.5) is 0 Å². The number of nitrogens with two attached hydrogens (primary N) is 1. The van der Waals surface area contributed by atoms with Gasteiger partial charge in [0.2, 0.25) is 5.91 Å². The monoisotopic (exact) mass is 202 g/mol. The van der Waals surface area contributed by atoms with Crippen LogP contribution in [0, 0.1) is 5.92 Å². The predicted octanol–water partition coefficient (Wildman–Crippen LogP) is 0.513. The van der Waals surface area contributed by atoms with Crippen molar-refractivity contribution in [2.45, 2.75) is 32.7 Å². The Bertz CT molecular complexity index is 156. The summed E-state index contributed by atoms with van der Waals surface area (Å²) in [5, 5.41) is 3.28. The molecule has 2 unspecified atom stereocenters. The van der Waals surface area contributed by atoms with Gasteiger partial charge < -0.3 is 15.8 Å². The first kappa shape index (κ1) is 13.4. The Morgan fingerprint density at radius 1 is 1.57 bits per heavy atom. The average molecular weight is 202 g/mol. The molecule has 4 nitrogen and oxygen atoms in total. The van der Waals surface area contributed by atoms with E-state index in [1.54, 1.807) is 7.11 Å². The molecule has 4 heteroatoms. The molecule has 0 fully saturated rings. The van der Waals surface area contributed by atoms with Crippen LogP contribution in [-0.2, 0) is 9.53 Å². The van der Waals surface area contributed by atoms with E-state index in [0.29, 0.717) is 19.2 Å². The van der Waals surface area contributed by atoms with Crippen LogP contribution in [0.5, 0.6) is 0 Å². The molecule has 0 aromatic heterocycles. The molecule has 3 N–H and O–H groups in total. The quantitative estimate of drug-likeness (QED) is 0.603. The van der Waals surface area contributed by atoms with Crippen LogP contribution in [0.15, 0.2) is 0 Å². The second kappa shape index (κ2) is 7.76. The molecule has 84 valence electrons. The molecule has 0 aliphatic heterocycles. The smallest absolute Gasteiger partial charge is 0.221 e. The summed E-state index contributed by atoms with van der Waals surface area (Å²) in [6.07, 6.45) is 2.16. The molecule has 0 aliphatic carbocycles. The first-order valence-electron chi connectivity index (χ1n) is 5.13. The van der Waals surface area contributed by atoms with E-state index in [4.69, 9.17) is 10.5 Å². The fraction of sp³-hybridized carbons (Fsp3) is 0.900. The lowest BCUT2D eigenvalue weighted by Gasteiger charge is -2.18. The van der Waals surface area contributed by atoms with Crippen molar-refractivity contribution in [2.75, 3.05) is 20.3 Å². The van der Waals surface area contributed by atoms with Crippen molar-refractivity contribution >= 4 is 5.91 Å². The summed E-state index contributed by atoms with van der Waals surface area (Å²) in [6.45, 7) is 5.26. The molecule has 0 rings (SSSR count). The number of primary amides is 1. The average Bonchev–Trinajstić information content (AvgIpc) is 2.14. The van der Waals surface area contributed by atoms with Gasteiger partial charge in [0.05, 0.1) is 6.61 Å². The molecule has 1 amide bonds. The zero-order valence-electron chi connectivity index (χ0n) is 9.38. The highest BCUT2D eigenvalue weighted by Crippen LogP contribution is 1.99. The number of hydrogen-bond donors (Lipinski definition) is 2. The maximum absolute atomic E-state index is 10.8. The van der Waals surface area contributed by atoms with Crippen LogP contribution in [0.2, 0.25) is 0 Å². The lowest BCUT2D eigenvalue weighted by molar-refractivity contribution is -0.121. The number of carbonyl (C=O) groups excluding carboxylic acids is 1. The summed E-state index contributed by atoms with van der Waals surface area (Å²) in [5.74, 6) is -0.378. The Labute approximate surface area is 86.2 Å². The van der Waals surface area contributed by atoms with E-state index in [-0.39, 0.29) is 11.8 Å². The van der Waals surface area contributed by atoms with Crippen LogP contribution in [0.1, 0.15) is 26.7 Å². The standard InChI is InChI=1S/C10H22N2O2/c1-4-5-9(7-14-3)12-6-8(2)10(11)13/h8-9,12H,4-7H2,1-3H3,(H2,11,13). The number of methoxy groups -OCH3 is 1. The van der Waals surface area contributed by atoms with Gasteiger partial charge in [0.25, 0.3) is 0 Å². The molecular formula is C10H22N2O2. The maximum atomic E-state index is 10.8. The molecule has 0 radical (unpaired) electrons. The van der Waals surface area contributed by atoms with Gasteiger partial charge in [-0.25, -0.2) is 0 Å². The second-order valence-corrected chi connectivity index (χ2v) is 3.65.